The Kier molecular flexibility index (Phi) is 4.52. The summed E-state index contributed by atoms with van der Waals surface area (Å²) in [6.45, 7) is 0.449. The minimum Gasteiger partial charge on any atom is -0.497 e. The van der Waals surface area contributed by atoms with Crippen LogP contribution in [0.4, 0.5) is 0 Å². The van der Waals surface area contributed by atoms with E-state index in [1.165, 1.54) is 19.2 Å². The minimum absolute atomic E-state index is 0.254. The second-order valence-electron chi connectivity index (χ2n) is 4.99. The van der Waals surface area contributed by atoms with Crippen molar-refractivity contribution in [3.63, 3.8) is 0 Å². The first-order valence-corrected chi connectivity index (χ1v) is 6.63. The maximum absolute atomic E-state index is 12.1. The average molecular weight is 292 g/mol. The molecule has 1 fully saturated rings. The lowest BCUT2D eigenvalue weighted by Gasteiger charge is -2.12. The van der Waals surface area contributed by atoms with Gasteiger partial charge in [-0.3, -0.25) is 14.9 Å². The van der Waals surface area contributed by atoms with E-state index in [1.807, 2.05) is 0 Å². The van der Waals surface area contributed by atoms with Gasteiger partial charge in [0.25, 0.3) is 0 Å². The summed E-state index contributed by atoms with van der Waals surface area (Å²) >= 11 is 0. The first-order chi connectivity index (χ1) is 10.0. The summed E-state index contributed by atoms with van der Waals surface area (Å²) in [6.07, 6.45) is 2.07. The molecule has 0 bridgehead atoms. The van der Waals surface area contributed by atoms with Crippen molar-refractivity contribution in [3.8, 4) is 5.75 Å². The van der Waals surface area contributed by atoms with Crippen LogP contribution in [0.25, 0.3) is 0 Å². The zero-order valence-electron chi connectivity index (χ0n) is 11.6. The van der Waals surface area contributed by atoms with Crippen LogP contribution in [0.2, 0.25) is 0 Å². The van der Waals surface area contributed by atoms with E-state index in [0.29, 0.717) is 18.2 Å². The Morgan fingerprint density at radius 3 is 2.76 bits per heavy atom. The number of nitrogens with zero attached hydrogens (tertiary/aromatic N) is 1. The van der Waals surface area contributed by atoms with Gasteiger partial charge in [-0.25, -0.2) is 4.79 Å². The van der Waals surface area contributed by atoms with E-state index in [4.69, 9.17) is 4.74 Å². The number of nitro groups is 1. The van der Waals surface area contributed by atoms with Gasteiger partial charge in [0.05, 0.1) is 7.11 Å². The normalized spacial score (nSPS) is 15.1. The second-order valence-corrected chi connectivity index (χ2v) is 4.99. The number of carbonyl (C=O) groups is 2. The third kappa shape index (κ3) is 3.77. The summed E-state index contributed by atoms with van der Waals surface area (Å²) < 4.78 is 5.02. The molecular weight excluding hydrogens is 276 g/mol. The molecule has 7 nitrogen and oxygen atoms in total. The van der Waals surface area contributed by atoms with Crippen molar-refractivity contribution >= 4 is 11.8 Å². The van der Waals surface area contributed by atoms with Crippen molar-refractivity contribution in [2.75, 3.05) is 13.7 Å². The third-order valence-electron chi connectivity index (χ3n) is 3.38. The lowest BCUT2D eigenvalue weighted by molar-refractivity contribution is -0.403. The number of ether oxygens (including phenoxy) is 1. The highest BCUT2D eigenvalue weighted by molar-refractivity contribution is 6.02. The number of carbonyl (C=O) groups excluding carboxylic acids is 2. The monoisotopic (exact) mass is 292 g/mol. The zero-order valence-corrected chi connectivity index (χ0v) is 11.6. The van der Waals surface area contributed by atoms with E-state index in [1.54, 1.807) is 12.1 Å². The molecule has 1 saturated carbocycles. The number of amides is 2. The molecule has 1 aromatic rings. The molecule has 0 aromatic heterocycles. The Morgan fingerprint density at radius 1 is 1.48 bits per heavy atom. The van der Waals surface area contributed by atoms with Crippen molar-refractivity contribution < 1.29 is 19.2 Å². The number of nitrogens with one attached hydrogen (secondary N) is 1. The molecule has 1 aliphatic carbocycles. The van der Waals surface area contributed by atoms with Crippen LogP contribution in [0.1, 0.15) is 24.3 Å². The van der Waals surface area contributed by atoms with Crippen LogP contribution in [0.5, 0.6) is 5.75 Å². The lowest BCUT2D eigenvalue weighted by Crippen LogP contribution is -2.37. The van der Waals surface area contributed by atoms with Gasteiger partial charge in [-0.05, 0) is 36.5 Å². The first kappa shape index (κ1) is 15.0. The Morgan fingerprint density at radius 2 is 2.19 bits per heavy atom. The highest BCUT2D eigenvalue weighted by Gasteiger charge is 2.38. The molecule has 1 aliphatic rings. The highest BCUT2D eigenvalue weighted by atomic mass is 16.6. The summed E-state index contributed by atoms with van der Waals surface area (Å²) in [5.41, 5.74) is 0.254. The standard InChI is InChI=1S/C14H16N2O5/c1-21-11-4-2-3-10(7-11)12(14(18)16(19)20)13(17)15-8-9-5-6-9/h2-4,7,9,12H,5-6,8H2,1H3,(H,15,17). The quantitative estimate of drug-likeness (QED) is 0.481. The number of hydrogen-bond donors (Lipinski definition) is 1. The molecule has 21 heavy (non-hydrogen) atoms. The topological polar surface area (TPSA) is 98.5 Å². The van der Waals surface area contributed by atoms with Crippen LogP contribution in [0.15, 0.2) is 24.3 Å². The van der Waals surface area contributed by atoms with Crippen molar-refractivity contribution in [1.82, 2.24) is 5.32 Å². The molecule has 0 aliphatic heterocycles. The fourth-order valence-corrected chi connectivity index (χ4v) is 2.00. The van der Waals surface area contributed by atoms with Gasteiger partial charge in [-0.15, -0.1) is 0 Å². The number of rotatable bonds is 6. The number of methoxy groups -OCH3 is 1. The van der Waals surface area contributed by atoms with Gasteiger partial charge in [0.2, 0.25) is 5.91 Å². The van der Waals surface area contributed by atoms with Crippen LogP contribution in [-0.4, -0.2) is 30.4 Å². The third-order valence-corrected chi connectivity index (χ3v) is 3.38. The summed E-state index contributed by atoms with van der Waals surface area (Å²) in [6, 6.07) is 6.19. The molecule has 2 amide bonds. The van der Waals surface area contributed by atoms with Crippen molar-refractivity contribution in [2.24, 2.45) is 5.92 Å². The maximum atomic E-state index is 12.1. The zero-order chi connectivity index (χ0) is 15.4. The van der Waals surface area contributed by atoms with E-state index in [0.717, 1.165) is 12.8 Å². The first-order valence-electron chi connectivity index (χ1n) is 6.63. The molecule has 7 heteroatoms. The van der Waals surface area contributed by atoms with Gasteiger partial charge in [-0.2, -0.15) is 0 Å². The van der Waals surface area contributed by atoms with E-state index >= 15 is 0 Å². The van der Waals surface area contributed by atoms with Crippen LogP contribution in [0, 0.1) is 16.0 Å². The molecule has 0 radical (unpaired) electrons. The summed E-state index contributed by atoms with van der Waals surface area (Å²) in [5.74, 6) is -2.57. The molecule has 112 valence electrons. The number of benzene rings is 1. The average Bonchev–Trinajstić information content (AvgIpc) is 3.29. The lowest BCUT2D eigenvalue weighted by atomic mass is 9.97. The molecular formula is C14H16N2O5. The van der Waals surface area contributed by atoms with Crippen molar-refractivity contribution in [1.29, 1.82) is 0 Å². The van der Waals surface area contributed by atoms with E-state index < -0.39 is 22.7 Å². The Balaban J connectivity index is 2.22. The molecule has 0 saturated heterocycles. The second kappa shape index (κ2) is 6.34. The summed E-state index contributed by atoms with van der Waals surface area (Å²) in [5, 5.41) is 13.4. The molecule has 1 aromatic carbocycles. The van der Waals surface area contributed by atoms with Crippen LogP contribution < -0.4 is 10.1 Å². The maximum Gasteiger partial charge on any atom is 0.461 e. The summed E-state index contributed by atoms with van der Waals surface area (Å²) in [7, 11) is 1.44. The number of hydrogen-bond acceptors (Lipinski definition) is 5. The molecule has 1 atom stereocenters. The summed E-state index contributed by atoms with van der Waals surface area (Å²) in [4.78, 5) is 33.6. The van der Waals surface area contributed by atoms with Crippen LogP contribution in [0.3, 0.4) is 0 Å². The van der Waals surface area contributed by atoms with Crippen LogP contribution >= 0.6 is 0 Å². The predicted molar refractivity (Wildman–Crippen MR) is 73.5 cm³/mol. The van der Waals surface area contributed by atoms with Crippen LogP contribution in [-0.2, 0) is 9.59 Å². The minimum atomic E-state index is -1.45. The van der Waals surface area contributed by atoms with Gasteiger partial charge in [0, 0.05) is 6.54 Å². The van der Waals surface area contributed by atoms with Gasteiger partial charge in [0.1, 0.15) is 10.7 Å². The van der Waals surface area contributed by atoms with Gasteiger partial charge in [-0.1, -0.05) is 12.1 Å². The van der Waals surface area contributed by atoms with Crippen molar-refractivity contribution in [2.45, 2.75) is 18.8 Å². The van der Waals surface area contributed by atoms with Gasteiger partial charge in [0.15, 0.2) is 5.92 Å². The Hall–Kier alpha value is -2.44. The van der Waals surface area contributed by atoms with E-state index in [-0.39, 0.29) is 5.56 Å². The smallest absolute Gasteiger partial charge is 0.461 e. The predicted octanol–water partition coefficient (Wildman–Crippen LogP) is 1.11. The SMILES string of the molecule is COc1cccc(C(C(=O)NCC2CC2)C(=O)[N+](=O)[O-])c1. The fraction of sp³-hybridized carbons (Fsp3) is 0.429. The van der Waals surface area contributed by atoms with E-state index in [2.05, 4.69) is 5.32 Å². The largest absolute Gasteiger partial charge is 0.497 e. The fourth-order valence-electron chi connectivity index (χ4n) is 2.00. The molecule has 2 rings (SSSR count). The molecule has 1 N–H and O–H groups in total. The highest BCUT2D eigenvalue weighted by Crippen LogP contribution is 2.28. The Labute approximate surface area is 121 Å². The molecule has 1 unspecified atom stereocenters. The Bertz CT molecular complexity index is 568. The van der Waals surface area contributed by atoms with Gasteiger partial charge < -0.3 is 10.1 Å². The molecule has 0 spiro atoms. The molecule has 0 heterocycles. The van der Waals surface area contributed by atoms with E-state index in [9.17, 15) is 19.7 Å². The van der Waals surface area contributed by atoms with Crippen molar-refractivity contribution in [3.05, 3.63) is 39.9 Å². The van der Waals surface area contributed by atoms with Gasteiger partial charge >= 0.3 is 5.91 Å².